The quantitative estimate of drug-likeness (QED) is 0.779. The monoisotopic (exact) mass is 329 g/mol. The highest BCUT2D eigenvalue weighted by molar-refractivity contribution is 6.03. The van der Waals surface area contributed by atoms with Crippen LogP contribution in [0.4, 0.5) is 9.18 Å². The molecular weight excluding hydrogens is 309 g/mol. The Morgan fingerprint density at radius 1 is 1.29 bits per heavy atom. The lowest BCUT2D eigenvalue weighted by atomic mass is 9.80. The van der Waals surface area contributed by atoms with Gasteiger partial charge in [0.15, 0.2) is 0 Å². The number of allylic oxidation sites excluding steroid dienone is 4. The summed E-state index contributed by atoms with van der Waals surface area (Å²) in [6, 6.07) is 8.28. The van der Waals surface area contributed by atoms with Crippen LogP contribution in [0.15, 0.2) is 54.3 Å². The number of fused-ring (bicyclic) bond motifs is 1. The Bertz CT molecular complexity index is 733. The van der Waals surface area contributed by atoms with Gasteiger partial charge in [-0.2, -0.15) is 0 Å². The van der Waals surface area contributed by atoms with E-state index in [-0.39, 0.29) is 5.56 Å². The Hall–Kier alpha value is -2.43. The summed E-state index contributed by atoms with van der Waals surface area (Å²) in [6.07, 6.45) is 4.65. The second-order valence-electron chi connectivity index (χ2n) is 7.01. The van der Waals surface area contributed by atoms with Crippen LogP contribution in [0.3, 0.4) is 0 Å². The lowest BCUT2D eigenvalue weighted by Crippen LogP contribution is -2.41. The number of halogens is 1. The van der Waals surface area contributed by atoms with Gasteiger partial charge < -0.3 is 4.74 Å². The van der Waals surface area contributed by atoms with Crippen molar-refractivity contribution in [3.05, 3.63) is 59.8 Å². The zero-order valence-electron chi connectivity index (χ0n) is 14.0. The third kappa shape index (κ3) is 2.54. The van der Waals surface area contributed by atoms with Gasteiger partial charge >= 0.3 is 6.09 Å². The third-order valence-corrected chi connectivity index (χ3v) is 4.15. The number of amides is 2. The summed E-state index contributed by atoms with van der Waals surface area (Å²) in [6.45, 7) is 5.12. The first-order chi connectivity index (χ1) is 11.2. The molecule has 0 spiro atoms. The molecule has 126 valence electrons. The first kappa shape index (κ1) is 16.4. The van der Waals surface area contributed by atoms with Crippen LogP contribution >= 0.6 is 0 Å². The summed E-state index contributed by atoms with van der Waals surface area (Å²) in [5.41, 5.74) is -2.43. The van der Waals surface area contributed by atoms with E-state index in [1.807, 2.05) is 0 Å². The number of hydrogen-bond acceptors (Lipinski definition) is 3. The van der Waals surface area contributed by atoms with Crippen molar-refractivity contribution in [2.45, 2.75) is 38.5 Å². The van der Waals surface area contributed by atoms with Crippen LogP contribution in [0, 0.1) is 5.92 Å². The lowest BCUT2D eigenvalue weighted by Gasteiger charge is -2.25. The number of carbonyl (C=O) groups is 2. The molecule has 0 aromatic heterocycles. The van der Waals surface area contributed by atoms with E-state index in [0.29, 0.717) is 12.1 Å². The van der Waals surface area contributed by atoms with Crippen molar-refractivity contribution in [3.8, 4) is 0 Å². The molecule has 1 unspecified atom stereocenters. The molecule has 24 heavy (non-hydrogen) atoms. The molecule has 2 aliphatic rings. The van der Waals surface area contributed by atoms with Crippen LogP contribution in [0.1, 0.15) is 32.8 Å². The topological polar surface area (TPSA) is 46.6 Å². The van der Waals surface area contributed by atoms with Crippen LogP contribution in [-0.4, -0.2) is 22.5 Å². The summed E-state index contributed by atoms with van der Waals surface area (Å²) in [4.78, 5) is 26.3. The van der Waals surface area contributed by atoms with Crippen molar-refractivity contribution in [2.75, 3.05) is 0 Å². The third-order valence-electron chi connectivity index (χ3n) is 4.15. The van der Waals surface area contributed by atoms with Crippen LogP contribution in [0.2, 0.25) is 0 Å². The molecule has 1 heterocycles. The van der Waals surface area contributed by atoms with Crippen molar-refractivity contribution in [3.63, 3.8) is 0 Å². The van der Waals surface area contributed by atoms with Gasteiger partial charge in [-0.15, -0.1) is 0 Å². The average Bonchev–Trinajstić information content (AvgIpc) is 2.76. The number of carbonyl (C=O) groups excluding carboxylic acids is 2. The number of rotatable bonds is 1. The number of alkyl halides is 1. The highest BCUT2D eigenvalue weighted by atomic mass is 19.1. The molecule has 1 aliphatic heterocycles. The summed E-state index contributed by atoms with van der Waals surface area (Å²) < 4.78 is 21.2. The van der Waals surface area contributed by atoms with Crippen molar-refractivity contribution in [1.29, 1.82) is 0 Å². The molecular formula is C19H20FNO3. The maximum atomic E-state index is 15.9. The minimum absolute atomic E-state index is 0.257. The fourth-order valence-electron chi connectivity index (χ4n) is 3.14. The zero-order chi connectivity index (χ0) is 17.5. The number of hydrogen-bond donors (Lipinski definition) is 0. The van der Waals surface area contributed by atoms with E-state index in [1.54, 1.807) is 69.3 Å². The molecule has 1 aliphatic carbocycles. The van der Waals surface area contributed by atoms with Gasteiger partial charge in [-0.1, -0.05) is 42.5 Å². The highest BCUT2D eigenvalue weighted by Crippen LogP contribution is 2.50. The smallest absolute Gasteiger partial charge is 0.421 e. The summed E-state index contributed by atoms with van der Waals surface area (Å²) >= 11 is 0. The van der Waals surface area contributed by atoms with Gasteiger partial charge in [0.1, 0.15) is 5.60 Å². The van der Waals surface area contributed by atoms with Crippen LogP contribution in [-0.2, 0) is 15.2 Å². The molecule has 1 aromatic rings. The van der Waals surface area contributed by atoms with E-state index in [0.717, 1.165) is 4.90 Å². The van der Waals surface area contributed by atoms with Gasteiger partial charge in [-0.3, -0.25) is 4.79 Å². The Morgan fingerprint density at radius 2 is 1.96 bits per heavy atom. The van der Waals surface area contributed by atoms with Gasteiger partial charge in [-0.25, -0.2) is 14.1 Å². The van der Waals surface area contributed by atoms with Crippen molar-refractivity contribution >= 4 is 12.0 Å². The van der Waals surface area contributed by atoms with Crippen LogP contribution in [0.5, 0.6) is 0 Å². The largest absolute Gasteiger partial charge is 0.443 e. The number of benzene rings is 1. The van der Waals surface area contributed by atoms with Crippen LogP contribution < -0.4 is 0 Å². The normalized spacial score (nSPS) is 26.2. The Labute approximate surface area is 140 Å². The number of ether oxygens (including phenoxy) is 1. The maximum Gasteiger partial charge on any atom is 0.421 e. The molecule has 0 radical (unpaired) electrons. The fourth-order valence-corrected chi connectivity index (χ4v) is 3.14. The minimum atomic E-state index is -2.27. The van der Waals surface area contributed by atoms with Gasteiger partial charge in [0.25, 0.3) is 5.91 Å². The van der Waals surface area contributed by atoms with E-state index < -0.39 is 29.2 Å². The van der Waals surface area contributed by atoms with E-state index in [1.165, 1.54) is 0 Å². The summed E-state index contributed by atoms with van der Waals surface area (Å²) in [5.74, 6) is -1.62. The molecule has 1 fully saturated rings. The van der Waals surface area contributed by atoms with E-state index in [4.69, 9.17) is 4.74 Å². The standard InChI is InChI=1S/C19H20FNO3/c1-18(2,3)24-17(23)21-15-12-8-7-11-14(15)19(20,16(21)22)13-9-5-4-6-10-13/h4-10,12,14H,11H2,1-3H3/t14?,19-/m1/s1. The molecule has 3 rings (SSSR count). The highest BCUT2D eigenvalue weighted by Gasteiger charge is 2.61. The molecule has 0 saturated carbocycles. The number of nitrogens with zero attached hydrogens (tertiary/aromatic N) is 1. The minimum Gasteiger partial charge on any atom is -0.443 e. The summed E-state index contributed by atoms with van der Waals surface area (Å²) in [5, 5.41) is 0. The number of imide groups is 1. The van der Waals surface area contributed by atoms with Gasteiger partial charge in [0.05, 0.1) is 5.92 Å². The molecule has 4 nitrogen and oxygen atoms in total. The van der Waals surface area contributed by atoms with Gasteiger partial charge in [-0.05, 0) is 38.8 Å². The SMILES string of the molecule is CC(C)(C)OC(=O)N1C(=O)[C@@](F)(c2ccccc2)C2CC=CC=C21. The summed E-state index contributed by atoms with van der Waals surface area (Å²) in [7, 11) is 0. The Kier molecular flexibility index (Phi) is 3.82. The average molecular weight is 329 g/mol. The molecule has 2 atom stereocenters. The van der Waals surface area contributed by atoms with Gasteiger partial charge in [0, 0.05) is 5.70 Å². The molecule has 5 heteroatoms. The number of likely N-dealkylation sites (tertiary alicyclic amines) is 1. The predicted molar refractivity (Wildman–Crippen MR) is 87.6 cm³/mol. The van der Waals surface area contributed by atoms with Gasteiger partial charge in [0.2, 0.25) is 5.67 Å². The Balaban J connectivity index is 2.06. The Morgan fingerprint density at radius 3 is 2.58 bits per heavy atom. The lowest BCUT2D eigenvalue weighted by molar-refractivity contribution is -0.138. The predicted octanol–water partition coefficient (Wildman–Crippen LogP) is 4.09. The van der Waals surface area contributed by atoms with Crippen molar-refractivity contribution < 1.29 is 18.7 Å². The second kappa shape index (κ2) is 5.58. The van der Waals surface area contributed by atoms with E-state index in [2.05, 4.69) is 0 Å². The first-order valence-corrected chi connectivity index (χ1v) is 7.94. The van der Waals surface area contributed by atoms with Crippen LogP contribution in [0.25, 0.3) is 0 Å². The second-order valence-corrected chi connectivity index (χ2v) is 7.01. The van der Waals surface area contributed by atoms with E-state index in [9.17, 15) is 9.59 Å². The van der Waals surface area contributed by atoms with Crippen molar-refractivity contribution in [1.82, 2.24) is 4.90 Å². The van der Waals surface area contributed by atoms with Crippen molar-refractivity contribution in [2.24, 2.45) is 5.92 Å². The first-order valence-electron chi connectivity index (χ1n) is 7.94. The molecule has 0 bridgehead atoms. The molecule has 1 aromatic carbocycles. The maximum absolute atomic E-state index is 15.9. The molecule has 2 amide bonds. The fraction of sp³-hybridized carbons (Fsp3) is 0.368. The molecule has 0 N–H and O–H groups in total. The zero-order valence-corrected chi connectivity index (χ0v) is 14.0. The molecule has 1 saturated heterocycles. The van der Waals surface area contributed by atoms with E-state index >= 15 is 4.39 Å².